The summed E-state index contributed by atoms with van der Waals surface area (Å²) in [5.74, 6) is -2.42. The minimum absolute atomic E-state index is 0.0137. The first-order chi connectivity index (χ1) is 62.7. The summed E-state index contributed by atoms with van der Waals surface area (Å²) in [6.07, 6.45) is 25.9. The number of anilines is 4. The lowest BCUT2D eigenvalue weighted by atomic mass is 9.79. The molecule has 0 saturated heterocycles. The van der Waals surface area contributed by atoms with Crippen LogP contribution in [0, 0.1) is 63.1 Å². The van der Waals surface area contributed by atoms with Crippen molar-refractivity contribution >= 4 is 105 Å². The van der Waals surface area contributed by atoms with Crippen LogP contribution in [-0.4, -0.2) is 137 Å². The lowest BCUT2D eigenvalue weighted by Gasteiger charge is -2.37. The smallest absolute Gasteiger partial charge is 0.254 e. The van der Waals surface area contributed by atoms with Gasteiger partial charge in [-0.25, -0.2) is 36.0 Å². The Morgan fingerprint density at radius 3 is 0.677 bits per heavy atom. The van der Waals surface area contributed by atoms with Crippen LogP contribution in [0.2, 0.25) is 10.0 Å². The van der Waals surface area contributed by atoms with Crippen molar-refractivity contribution in [3.8, 4) is 0 Å². The minimum atomic E-state index is -0.648. The number of nitrogens with one attached hydrogen (secondary N) is 8. The zero-order chi connectivity index (χ0) is 92.3. The predicted octanol–water partition coefficient (Wildman–Crippen LogP) is 13.1. The van der Waals surface area contributed by atoms with Crippen LogP contribution in [0.4, 0.5) is 34.6 Å². The monoisotopic (exact) mass is 1800 g/mol. The number of hydrogen-bond acceptors (Lipinski definition) is 16. The molecule has 16 N–H and O–H groups in total. The van der Waals surface area contributed by atoms with Gasteiger partial charge < -0.3 is 84.8 Å². The van der Waals surface area contributed by atoms with E-state index in [1.165, 1.54) is 11.1 Å². The SMILES string of the molecule is [C-]#[N+]CC1(n2cc(C(N)=O)c(NC(=O)C3CC3)n2)CCC(NCc2ccc(Cl)cc2)CC1.[C-]#[N+]CC1(n2cc(C(N)=O)c(NC(=O)C3CC3)n2)CCC(NCc2ccc(Cl)cc2)CC1.[C-]#[N+]CC1(n2cc(C(N)=O)c(NC(=O)C3CC3)n2)CCC(NCc2ccc([N+]#[C-])cc2)CC1.[C-]#[N+]CC1(n2cc(C(N)=O)c(NC(=O)C3CC3)n2)CCC(NCc2ccc([N+]#[C-])cc2)CC1. The highest BCUT2D eigenvalue weighted by Crippen LogP contribution is 2.43. The predicted molar refractivity (Wildman–Crippen MR) is 491 cm³/mol. The van der Waals surface area contributed by atoms with Gasteiger partial charge in [-0.2, -0.15) is 20.4 Å². The summed E-state index contributed by atoms with van der Waals surface area (Å²) in [5.41, 5.74) is 26.6. The van der Waals surface area contributed by atoms with Crippen LogP contribution in [0.25, 0.3) is 29.1 Å². The van der Waals surface area contributed by atoms with Gasteiger partial charge in [-0.15, -0.1) is 0 Å². The number of aromatic nitrogens is 8. The maximum Gasteiger partial charge on any atom is 0.254 e. The fourth-order valence-electron chi connectivity index (χ4n) is 17.3. The Balaban J connectivity index is 0.000000148. The standard InChI is InChI=1S/2C24H27N7O2.2C23H27ClN6O2/c2*1-26-15-24(31-14-20(21(25)32)22(30-31)29-23(33)17-5-6-17)11-9-19(10-12-24)28-13-16-3-7-18(27-2)8-4-16;2*1-26-14-23(10-8-18(9-11-23)27-12-15-2-6-17(24)7-3-15)30-13-19(20(25)31)21(29-30)28-22(32)16-4-5-16/h2*3-4,7-8,14,17,19,28H,5-6,9-13,15H2,(H2,25,32)(H,29,30,33);2*2-3,6-7,13,16,18,27H,4-5,8-12,14H2,(H2,25,31)(H,28,29,32). The second kappa shape index (κ2) is 42.8. The van der Waals surface area contributed by atoms with Gasteiger partial charge in [0.05, 0.1) is 13.1 Å². The third kappa shape index (κ3) is 24.4. The fourth-order valence-corrected chi connectivity index (χ4v) is 17.6. The quantitative estimate of drug-likeness (QED) is 0.0174. The Morgan fingerprint density at radius 2 is 0.508 bits per heavy atom. The lowest BCUT2D eigenvalue weighted by Crippen LogP contribution is -2.45. The molecule has 8 saturated carbocycles. The molecule has 0 aliphatic heterocycles. The van der Waals surface area contributed by atoms with Gasteiger partial charge in [-0.3, -0.25) is 57.1 Å². The Labute approximate surface area is 765 Å². The average molecular weight is 1800 g/mol. The highest BCUT2D eigenvalue weighted by molar-refractivity contribution is 6.30. The average Bonchev–Trinajstić information content (AvgIpc) is 1.64. The second-order valence-electron chi connectivity index (χ2n) is 35.4. The van der Waals surface area contributed by atoms with Crippen molar-refractivity contribution in [3.05, 3.63) is 245 Å². The molecular weight excluding hydrogens is 1690 g/mol. The van der Waals surface area contributed by atoms with Crippen molar-refractivity contribution in [1.29, 1.82) is 0 Å². The molecule has 4 heterocycles. The second-order valence-corrected chi connectivity index (χ2v) is 36.3. The van der Waals surface area contributed by atoms with E-state index in [1.54, 1.807) is 43.5 Å². The van der Waals surface area contributed by atoms with Crippen molar-refractivity contribution in [2.75, 3.05) is 47.4 Å². The molecule has 34 nitrogen and oxygen atoms in total. The Kier molecular flexibility index (Phi) is 31.1. The number of benzene rings is 4. The summed E-state index contributed by atoms with van der Waals surface area (Å²) >= 11 is 11.9. The molecule has 0 unspecified atom stereocenters. The number of rotatable bonds is 32. The van der Waals surface area contributed by atoms with Gasteiger partial charge >= 0.3 is 0 Å². The Morgan fingerprint density at radius 1 is 0.315 bits per heavy atom. The van der Waals surface area contributed by atoms with E-state index < -0.39 is 45.8 Å². The van der Waals surface area contributed by atoms with E-state index in [-0.39, 0.29) is 119 Å². The Hall–Kier alpha value is -13.2. The molecule has 0 radical (unpaired) electrons. The molecule has 0 bridgehead atoms. The molecule has 8 aromatic rings. The summed E-state index contributed by atoms with van der Waals surface area (Å²) in [5, 5.41) is 44.9. The molecule has 130 heavy (non-hydrogen) atoms. The van der Waals surface area contributed by atoms with E-state index in [2.05, 4.69) is 92.0 Å². The molecule has 36 heteroatoms. The van der Waals surface area contributed by atoms with Gasteiger partial charge in [0.2, 0.25) is 49.8 Å². The summed E-state index contributed by atoms with van der Waals surface area (Å²) < 4.78 is 6.77. The first-order valence-corrected chi connectivity index (χ1v) is 44.9. The van der Waals surface area contributed by atoms with Crippen LogP contribution in [-0.2, 0) is 67.5 Å². The number of amides is 8. The number of carbonyl (C=O) groups excluding carboxylic acids is 8. The van der Waals surface area contributed by atoms with Gasteiger partial charge in [-0.1, -0.05) is 96.0 Å². The van der Waals surface area contributed by atoms with Crippen molar-refractivity contribution < 1.29 is 38.4 Å². The van der Waals surface area contributed by atoms with E-state index in [0.717, 1.165) is 188 Å². The van der Waals surface area contributed by atoms with Gasteiger partial charge in [0, 0.05) is 109 Å². The van der Waals surface area contributed by atoms with Crippen LogP contribution in [0.15, 0.2) is 122 Å². The van der Waals surface area contributed by atoms with E-state index >= 15 is 0 Å². The molecule has 4 aromatic carbocycles. The van der Waals surface area contributed by atoms with Crippen LogP contribution < -0.4 is 65.5 Å². The van der Waals surface area contributed by atoms with Crippen molar-refractivity contribution in [1.82, 2.24) is 60.4 Å². The zero-order valence-electron chi connectivity index (χ0n) is 72.4. The maximum absolute atomic E-state index is 12.2. The zero-order valence-corrected chi connectivity index (χ0v) is 73.9. The van der Waals surface area contributed by atoms with Gasteiger partial charge in [-0.05, 0) is 201 Å². The summed E-state index contributed by atoms with van der Waals surface area (Å²) in [7, 11) is 0. The first kappa shape index (κ1) is 94.5. The summed E-state index contributed by atoms with van der Waals surface area (Å²) in [6.45, 7) is 48.0. The minimum Gasteiger partial charge on any atom is -0.365 e. The van der Waals surface area contributed by atoms with Crippen LogP contribution in [0.5, 0.6) is 0 Å². The third-order valence-corrected chi connectivity index (χ3v) is 26.6. The van der Waals surface area contributed by atoms with E-state index in [1.807, 2.05) is 97.1 Å². The largest absolute Gasteiger partial charge is 0.365 e. The number of hydrogen-bond donors (Lipinski definition) is 12. The van der Waals surface area contributed by atoms with Crippen molar-refractivity contribution in [2.45, 2.75) is 227 Å². The number of primary amides is 4. The van der Waals surface area contributed by atoms with Crippen molar-refractivity contribution in [3.63, 3.8) is 0 Å². The van der Waals surface area contributed by atoms with E-state index in [0.29, 0.717) is 48.6 Å². The van der Waals surface area contributed by atoms with Gasteiger partial charge in [0.15, 0.2) is 34.6 Å². The molecule has 676 valence electrons. The highest BCUT2D eigenvalue weighted by atomic mass is 35.5. The molecule has 0 atom stereocenters. The number of nitrogens with two attached hydrogens (primary N) is 4. The molecule has 8 amide bonds. The maximum atomic E-state index is 12.2. The molecular formula is C94H108Cl2N26O8. The summed E-state index contributed by atoms with van der Waals surface area (Å²) in [4.78, 5) is 118. The number of halogens is 2. The van der Waals surface area contributed by atoms with E-state index in [9.17, 15) is 38.4 Å². The topological polar surface area (TPSA) is 434 Å². The number of carbonyl (C=O) groups is 8. The molecule has 8 fully saturated rings. The molecule has 4 aromatic heterocycles. The normalized spacial score (nSPS) is 22.5. The van der Waals surface area contributed by atoms with Crippen LogP contribution in [0.3, 0.4) is 0 Å². The van der Waals surface area contributed by atoms with Crippen LogP contribution in [0.1, 0.15) is 218 Å². The number of nitrogens with zero attached hydrogens (tertiary/aromatic N) is 14. The summed E-state index contributed by atoms with van der Waals surface area (Å²) in [6, 6.07) is 31.9. The molecule has 8 aliphatic rings. The van der Waals surface area contributed by atoms with E-state index in [4.69, 9.17) is 85.6 Å². The molecule has 8 aliphatic carbocycles. The van der Waals surface area contributed by atoms with Gasteiger partial charge in [0.1, 0.15) is 44.4 Å². The Bertz CT molecular complexity index is 5330. The van der Waals surface area contributed by atoms with Crippen LogP contribution >= 0.6 is 23.2 Å². The first-order valence-electron chi connectivity index (χ1n) is 44.2. The fraction of sp³-hybridized carbons (Fsp3) is 0.468. The molecule has 16 rings (SSSR count). The highest BCUT2D eigenvalue weighted by Gasteiger charge is 2.47. The van der Waals surface area contributed by atoms with Crippen molar-refractivity contribution in [2.24, 2.45) is 46.6 Å². The molecule has 0 spiro atoms. The lowest BCUT2D eigenvalue weighted by molar-refractivity contribution is -0.118. The van der Waals surface area contributed by atoms with Gasteiger partial charge in [0.25, 0.3) is 23.6 Å². The third-order valence-electron chi connectivity index (χ3n) is 26.1.